The minimum absolute atomic E-state index is 0.0999. The largest absolute Gasteiger partial charge is 0.370 e. The van der Waals surface area contributed by atoms with Crippen molar-refractivity contribution in [3.63, 3.8) is 0 Å². The lowest BCUT2D eigenvalue weighted by Crippen LogP contribution is -2.33. The summed E-state index contributed by atoms with van der Waals surface area (Å²) >= 11 is 5.98. The molecule has 1 amide bonds. The summed E-state index contributed by atoms with van der Waals surface area (Å²) in [5.41, 5.74) is 4.33. The van der Waals surface area contributed by atoms with E-state index in [-0.39, 0.29) is 17.3 Å². The zero-order valence-electron chi connectivity index (χ0n) is 20.3. The predicted molar refractivity (Wildman–Crippen MR) is 147 cm³/mol. The molecule has 35 heavy (non-hydrogen) atoms. The average Bonchev–Trinajstić information content (AvgIpc) is 3.43. The van der Waals surface area contributed by atoms with E-state index < -0.39 is 0 Å². The number of thiophene rings is 1. The number of carbonyl (C=O) groups is 1. The fourth-order valence-corrected chi connectivity index (χ4v) is 7.25. The minimum atomic E-state index is -0.245. The number of thiazole rings is 1. The van der Waals surface area contributed by atoms with Crippen LogP contribution in [-0.2, 0) is 29.0 Å². The number of amides is 1. The van der Waals surface area contributed by atoms with Gasteiger partial charge in [-0.05, 0) is 38.0 Å². The summed E-state index contributed by atoms with van der Waals surface area (Å²) in [4.78, 5) is 32.5. The van der Waals surface area contributed by atoms with Gasteiger partial charge in [0.15, 0.2) is 10.3 Å². The Bertz CT molecular complexity index is 1400. The van der Waals surface area contributed by atoms with Gasteiger partial charge in [-0.15, -0.1) is 22.7 Å². The van der Waals surface area contributed by atoms with Gasteiger partial charge in [0.1, 0.15) is 9.86 Å². The monoisotopic (exact) mass is 545 g/mol. The van der Waals surface area contributed by atoms with Crippen molar-refractivity contribution in [2.75, 3.05) is 17.3 Å². The first-order chi connectivity index (χ1) is 16.7. The Morgan fingerprint density at radius 3 is 2.80 bits per heavy atom. The molecule has 0 unspecified atom stereocenters. The Morgan fingerprint density at radius 1 is 1.26 bits per heavy atom. The molecule has 0 bridgehead atoms. The van der Waals surface area contributed by atoms with Crippen LogP contribution >= 0.6 is 46.2 Å². The highest BCUT2D eigenvalue weighted by atomic mass is 32.2. The van der Waals surface area contributed by atoms with Gasteiger partial charge in [-0.3, -0.25) is 4.79 Å². The maximum absolute atomic E-state index is 12.5. The Labute approximate surface area is 220 Å². The number of thioether (sulfide) groups is 2. The number of rotatable bonds is 7. The van der Waals surface area contributed by atoms with E-state index >= 15 is 0 Å². The summed E-state index contributed by atoms with van der Waals surface area (Å²) in [5.74, 6) is 0.648. The highest BCUT2D eigenvalue weighted by Crippen LogP contribution is 2.43. The molecular formula is C24H27N5O2S4. The fourth-order valence-electron chi connectivity index (χ4n) is 4.22. The maximum atomic E-state index is 12.5. The van der Waals surface area contributed by atoms with Crippen LogP contribution in [0, 0.1) is 5.92 Å². The third-order valence-corrected chi connectivity index (χ3v) is 9.15. The van der Waals surface area contributed by atoms with Gasteiger partial charge in [-0.25, -0.2) is 19.9 Å². The molecule has 0 radical (unpaired) electrons. The number of aromatic nitrogens is 4. The van der Waals surface area contributed by atoms with Gasteiger partial charge in [0.25, 0.3) is 0 Å². The second-order valence-electron chi connectivity index (χ2n) is 9.49. The van der Waals surface area contributed by atoms with Crippen LogP contribution in [0.4, 0.5) is 5.13 Å². The highest BCUT2D eigenvalue weighted by Gasteiger charge is 2.32. The number of nitrogens with one attached hydrogen (secondary N) is 1. The van der Waals surface area contributed by atoms with Gasteiger partial charge in [0, 0.05) is 34.6 Å². The van der Waals surface area contributed by atoms with E-state index in [2.05, 4.69) is 38.0 Å². The molecule has 4 aromatic rings. The quantitative estimate of drug-likeness (QED) is 0.167. The van der Waals surface area contributed by atoms with E-state index in [9.17, 15) is 4.79 Å². The standard InChI is InChI=1S/C24H27N5O2S4/c1-12(2)8-15-14-10-31-24(3,4)9-13(14)17-18-19(35-20(17)26-15)21(29-23(28-18)32-5)34-11-16(30)27-22-25-6-7-33-22/h6-7,12H,8-11H2,1-5H3,(H,25,27,30). The lowest BCUT2D eigenvalue weighted by atomic mass is 9.88. The molecule has 0 atom stereocenters. The summed E-state index contributed by atoms with van der Waals surface area (Å²) in [6, 6.07) is 0. The van der Waals surface area contributed by atoms with Crippen molar-refractivity contribution in [2.45, 2.75) is 62.9 Å². The van der Waals surface area contributed by atoms with Gasteiger partial charge in [-0.2, -0.15) is 0 Å². The first kappa shape index (κ1) is 24.9. The average molecular weight is 546 g/mol. The third-order valence-electron chi connectivity index (χ3n) is 5.73. The topological polar surface area (TPSA) is 89.9 Å². The smallest absolute Gasteiger partial charge is 0.236 e. The zero-order chi connectivity index (χ0) is 24.7. The SMILES string of the molecule is CSc1nc(SCC(=O)Nc2nccs2)c2sc3nc(CC(C)C)c4c(c3c2n1)CC(C)(C)OC4. The van der Waals surface area contributed by atoms with E-state index in [1.54, 1.807) is 17.5 Å². The van der Waals surface area contributed by atoms with E-state index in [0.717, 1.165) is 44.0 Å². The molecule has 7 nitrogen and oxygen atoms in total. The van der Waals surface area contributed by atoms with Gasteiger partial charge in [0.05, 0.1) is 28.2 Å². The van der Waals surface area contributed by atoms with Crippen LogP contribution in [-0.4, -0.2) is 43.5 Å². The Balaban J connectivity index is 1.61. The summed E-state index contributed by atoms with van der Waals surface area (Å²) in [6.45, 7) is 9.30. The van der Waals surface area contributed by atoms with E-state index in [1.807, 2.05) is 11.6 Å². The fraction of sp³-hybridized carbons (Fsp3) is 0.458. The molecule has 4 aromatic heterocycles. The number of carbonyl (C=O) groups excluding carboxylic acids is 1. The molecule has 184 valence electrons. The molecule has 0 saturated carbocycles. The molecule has 1 aliphatic heterocycles. The first-order valence-electron chi connectivity index (χ1n) is 11.4. The number of nitrogens with zero attached hydrogens (tertiary/aromatic N) is 4. The Kier molecular flexibility index (Phi) is 7.06. The van der Waals surface area contributed by atoms with Crippen molar-refractivity contribution in [3.05, 3.63) is 28.4 Å². The Hall–Kier alpha value is -1.79. The van der Waals surface area contributed by atoms with Gasteiger partial charge in [0.2, 0.25) is 5.91 Å². The van der Waals surface area contributed by atoms with Crippen molar-refractivity contribution in [1.82, 2.24) is 19.9 Å². The number of pyridine rings is 1. The first-order valence-corrected chi connectivity index (χ1v) is 15.3. The molecule has 5 rings (SSSR count). The lowest BCUT2D eigenvalue weighted by Gasteiger charge is -2.33. The van der Waals surface area contributed by atoms with Crippen LogP contribution in [0.1, 0.15) is 44.5 Å². The van der Waals surface area contributed by atoms with Gasteiger partial charge < -0.3 is 10.1 Å². The molecule has 0 spiro atoms. The van der Waals surface area contributed by atoms with Crippen LogP contribution in [0.25, 0.3) is 20.4 Å². The molecule has 1 N–H and O–H groups in total. The van der Waals surface area contributed by atoms with E-state index in [4.69, 9.17) is 19.7 Å². The van der Waals surface area contributed by atoms with Crippen molar-refractivity contribution >= 4 is 77.7 Å². The number of ether oxygens (including phenoxy) is 1. The van der Waals surface area contributed by atoms with Crippen molar-refractivity contribution in [3.8, 4) is 0 Å². The van der Waals surface area contributed by atoms with E-state index in [1.165, 1.54) is 46.0 Å². The molecule has 1 aliphatic rings. The van der Waals surface area contributed by atoms with E-state index in [0.29, 0.717) is 22.8 Å². The number of hydrogen-bond acceptors (Lipinski definition) is 10. The molecule has 0 aromatic carbocycles. The predicted octanol–water partition coefficient (Wildman–Crippen LogP) is 6.20. The number of fused-ring (bicyclic) bond motifs is 5. The molecular weight excluding hydrogens is 519 g/mol. The maximum Gasteiger partial charge on any atom is 0.236 e. The van der Waals surface area contributed by atoms with Crippen LogP contribution in [0.3, 0.4) is 0 Å². The van der Waals surface area contributed by atoms with Crippen molar-refractivity contribution < 1.29 is 9.53 Å². The highest BCUT2D eigenvalue weighted by molar-refractivity contribution is 8.00. The molecule has 0 saturated heterocycles. The van der Waals surface area contributed by atoms with Crippen LogP contribution < -0.4 is 5.32 Å². The summed E-state index contributed by atoms with van der Waals surface area (Å²) in [7, 11) is 0. The lowest BCUT2D eigenvalue weighted by molar-refractivity contribution is -0.113. The minimum Gasteiger partial charge on any atom is -0.370 e. The molecule has 11 heteroatoms. The van der Waals surface area contributed by atoms with Gasteiger partial charge >= 0.3 is 0 Å². The summed E-state index contributed by atoms with van der Waals surface area (Å²) in [5, 5.41) is 7.93. The normalized spacial score (nSPS) is 15.1. The van der Waals surface area contributed by atoms with Crippen LogP contribution in [0.5, 0.6) is 0 Å². The zero-order valence-corrected chi connectivity index (χ0v) is 23.6. The summed E-state index contributed by atoms with van der Waals surface area (Å²) < 4.78 is 7.19. The van der Waals surface area contributed by atoms with Crippen molar-refractivity contribution in [2.24, 2.45) is 5.92 Å². The number of hydrogen-bond donors (Lipinski definition) is 1. The van der Waals surface area contributed by atoms with Crippen LogP contribution in [0.2, 0.25) is 0 Å². The Morgan fingerprint density at radius 2 is 2.09 bits per heavy atom. The molecule has 0 aliphatic carbocycles. The van der Waals surface area contributed by atoms with Crippen LogP contribution in [0.15, 0.2) is 21.8 Å². The summed E-state index contributed by atoms with van der Waals surface area (Å²) in [6.07, 6.45) is 5.38. The van der Waals surface area contributed by atoms with Gasteiger partial charge in [-0.1, -0.05) is 37.4 Å². The second kappa shape index (κ2) is 9.93. The molecule has 0 fully saturated rings. The number of anilines is 1. The van der Waals surface area contributed by atoms with Crippen molar-refractivity contribution in [1.29, 1.82) is 0 Å². The second-order valence-corrected chi connectivity index (χ2v) is 13.1. The third kappa shape index (κ3) is 5.20. The molecule has 5 heterocycles.